The number of carbonyl (C=O) groups excluding carboxylic acids is 2. The van der Waals surface area contributed by atoms with Crippen LogP contribution in [0.4, 0.5) is 0 Å². The summed E-state index contributed by atoms with van der Waals surface area (Å²) in [5, 5.41) is 0. The third-order valence-electron chi connectivity index (χ3n) is 3.66. The van der Waals surface area contributed by atoms with Crippen molar-refractivity contribution in [3.8, 4) is 5.75 Å². The molecule has 0 spiro atoms. The molecule has 0 unspecified atom stereocenters. The van der Waals surface area contributed by atoms with Crippen LogP contribution in [-0.4, -0.2) is 43.0 Å². The van der Waals surface area contributed by atoms with Crippen LogP contribution < -0.4 is 16.2 Å². The third kappa shape index (κ3) is 6.74. The Labute approximate surface area is 159 Å². The number of rotatable bonds is 9. The largest absolute Gasteiger partial charge is 0.484 e. The molecule has 0 saturated heterocycles. The number of amides is 2. The molecule has 2 aromatic rings. The molecule has 2 rings (SSSR count). The highest BCUT2D eigenvalue weighted by molar-refractivity contribution is 5.94. The van der Waals surface area contributed by atoms with E-state index in [1.165, 1.54) is 0 Å². The monoisotopic (exact) mass is 377 g/mol. The SMILES string of the molecule is Cl.NCCN(CCc1ccccc1)C(=O)c1cccc(OCC(N)=O)c1. The fourth-order valence-electron chi connectivity index (χ4n) is 2.44. The Balaban J connectivity index is 0.00000338. The minimum atomic E-state index is -0.565. The zero-order valence-corrected chi connectivity index (χ0v) is 15.3. The highest BCUT2D eigenvalue weighted by Gasteiger charge is 2.16. The molecule has 0 fully saturated rings. The van der Waals surface area contributed by atoms with Crippen LogP contribution >= 0.6 is 12.4 Å². The van der Waals surface area contributed by atoms with Gasteiger partial charge in [0, 0.05) is 25.2 Å². The molecule has 0 atom stereocenters. The lowest BCUT2D eigenvalue weighted by molar-refractivity contribution is -0.119. The Morgan fingerprint density at radius 1 is 1.00 bits per heavy atom. The third-order valence-corrected chi connectivity index (χ3v) is 3.66. The van der Waals surface area contributed by atoms with Crippen molar-refractivity contribution in [1.29, 1.82) is 0 Å². The van der Waals surface area contributed by atoms with Gasteiger partial charge >= 0.3 is 0 Å². The molecule has 140 valence electrons. The molecule has 0 heterocycles. The van der Waals surface area contributed by atoms with E-state index < -0.39 is 5.91 Å². The summed E-state index contributed by atoms with van der Waals surface area (Å²) in [6.45, 7) is 1.21. The number of hydrogen-bond acceptors (Lipinski definition) is 4. The van der Waals surface area contributed by atoms with Crippen LogP contribution in [0.1, 0.15) is 15.9 Å². The predicted molar refractivity (Wildman–Crippen MR) is 103 cm³/mol. The second-order valence-corrected chi connectivity index (χ2v) is 5.60. The van der Waals surface area contributed by atoms with Crippen LogP contribution in [-0.2, 0) is 11.2 Å². The molecule has 0 aromatic heterocycles. The molecule has 0 aliphatic heterocycles. The molecule has 4 N–H and O–H groups in total. The fraction of sp³-hybridized carbons (Fsp3) is 0.263. The molecule has 0 saturated carbocycles. The molecular formula is C19H24ClN3O3. The van der Waals surface area contributed by atoms with Crippen LogP contribution in [0.2, 0.25) is 0 Å². The van der Waals surface area contributed by atoms with E-state index >= 15 is 0 Å². The first kappa shape index (κ1) is 21.5. The van der Waals surface area contributed by atoms with Gasteiger partial charge in [-0.15, -0.1) is 12.4 Å². The molecular weight excluding hydrogens is 354 g/mol. The van der Waals surface area contributed by atoms with Crippen LogP contribution in [0.15, 0.2) is 54.6 Å². The highest BCUT2D eigenvalue weighted by Crippen LogP contribution is 2.15. The smallest absolute Gasteiger partial charge is 0.255 e. The lowest BCUT2D eigenvalue weighted by Gasteiger charge is -2.22. The van der Waals surface area contributed by atoms with Crippen molar-refractivity contribution in [1.82, 2.24) is 4.90 Å². The van der Waals surface area contributed by atoms with Gasteiger partial charge in [0.2, 0.25) is 0 Å². The van der Waals surface area contributed by atoms with Crippen molar-refractivity contribution in [2.45, 2.75) is 6.42 Å². The van der Waals surface area contributed by atoms with Gasteiger partial charge in [-0.3, -0.25) is 9.59 Å². The Bertz CT molecular complexity index is 710. The van der Waals surface area contributed by atoms with Gasteiger partial charge in [0.05, 0.1) is 0 Å². The summed E-state index contributed by atoms with van der Waals surface area (Å²) in [7, 11) is 0. The van der Waals surface area contributed by atoms with E-state index in [9.17, 15) is 9.59 Å². The number of nitrogens with zero attached hydrogens (tertiary/aromatic N) is 1. The summed E-state index contributed by atoms with van der Waals surface area (Å²) in [4.78, 5) is 25.3. The highest BCUT2D eigenvalue weighted by atomic mass is 35.5. The fourth-order valence-corrected chi connectivity index (χ4v) is 2.44. The summed E-state index contributed by atoms with van der Waals surface area (Å²) >= 11 is 0. The van der Waals surface area contributed by atoms with Gasteiger partial charge in [0.25, 0.3) is 11.8 Å². The number of ether oxygens (including phenoxy) is 1. The van der Waals surface area contributed by atoms with Gasteiger partial charge in [-0.05, 0) is 30.2 Å². The van der Waals surface area contributed by atoms with Gasteiger partial charge in [-0.1, -0.05) is 36.4 Å². The maximum Gasteiger partial charge on any atom is 0.255 e. The maximum absolute atomic E-state index is 12.8. The van der Waals surface area contributed by atoms with Crippen molar-refractivity contribution in [2.24, 2.45) is 11.5 Å². The van der Waals surface area contributed by atoms with E-state index in [4.69, 9.17) is 16.2 Å². The first-order valence-electron chi connectivity index (χ1n) is 8.14. The molecule has 2 aromatic carbocycles. The standard InChI is InChI=1S/C19H23N3O3.ClH/c20-10-12-22(11-9-15-5-2-1-3-6-15)19(24)16-7-4-8-17(13-16)25-14-18(21)23;/h1-8,13H,9-12,14,20H2,(H2,21,23);1H. The number of carbonyl (C=O) groups is 2. The summed E-state index contributed by atoms with van der Waals surface area (Å²) in [5.41, 5.74) is 12.4. The van der Waals surface area contributed by atoms with Crippen molar-refractivity contribution in [3.05, 3.63) is 65.7 Å². The molecule has 0 radical (unpaired) electrons. The Morgan fingerprint density at radius 3 is 2.38 bits per heavy atom. The van der Waals surface area contributed by atoms with Gasteiger partial charge in [0.15, 0.2) is 6.61 Å². The second-order valence-electron chi connectivity index (χ2n) is 5.60. The van der Waals surface area contributed by atoms with Gasteiger partial charge in [-0.25, -0.2) is 0 Å². The summed E-state index contributed by atoms with van der Waals surface area (Å²) in [6, 6.07) is 16.7. The molecule has 0 aliphatic rings. The van der Waals surface area contributed by atoms with Crippen LogP contribution in [0.3, 0.4) is 0 Å². The number of halogens is 1. The average molecular weight is 378 g/mol. The van der Waals surface area contributed by atoms with Gasteiger partial charge in [-0.2, -0.15) is 0 Å². The number of nitrogens with two attached hydrogens (primary N) is 2. The van der Waals surface area contributed by atoms with Crippen LogP contribution in [0.5, 0.6) is 5.75 Å². The molecule has 26 heavy (non-hydrogen) atoms. The topological polar surface area (TPSA) is 98.7 Å². The van der Waals surface area contributed by atoms with Crippen LogP contribution in [0, 0.1) is 0 Å². The number of hydrogen-bond donors (Lipinski definition) is 2. The Morgan fingerprint density at radius 2 is 1.73 bits per heavy atom. The summed E-state index contributed by atoms with van der Waals surface area (Å²) in [6.07, 6.45) is 0.754. The normalized spacial score (nSPS) is 9.88. The van der Waals surface area contributed by atoms with E-state index in [0.717, 1.165) is 12.0 Å². The van der Waals surface area contributed by atoms with E-state index in [0.29, 0.717) is 30.9 Å². The number of primary amides is 1. The predicted octanol–water partition coefficient (Wildman–Crippen LogP) is 1.62. The lowest BCUT2D eigenvalue weighted by Crippen LogP contribution is -2.37. The minimum Gasteiger partial charge on any atom is -0.484 e. The average Bonchev–Trinajstić information content (AvgIpc) is 2.64. The van der Waals surface area contributed by atoms with Crippen molar-refractivity contribution in [2.75, 3.05) is 26.2 Å². The van der Waals surface area contributed by atoms with E-state index in [1.807, 2.05) is 30.3 Å². The molecule has 2 amide bonds. The van der Waals surface area contributed by atoms with Gasteiger partial charge in [0.1, 0.15) is 5.75 Å². The van der Waals surface area contributed by atoms with E-state index in [1.54, 1.807) is 29.2 Å². The van der Waals surface area contributed by atoms with E-state index in [2.05, 4.69) is 0 Å². The summed E-state index contributed by atoms with van der Waals surface area (Å²) in [5.74, 6) is -0.254. The summed E-state index contributed by atoms with van der Waals surface area (Å²) < 4.78 is 5.26. The lowest BCUT2D eigenvalue weighted by atomic mass is 10.1. The minimum absolute atomic E-state index is 0. The molecule has 0 aliphatic carbocycles. The molecule has 7 heteroatoms. The maximum atomic E-state index is 12.8. The molecule has 6 nitrogen and oxygen atoms in total. The second kappa shape index (κ2) is 11.1. The zero-order valence-electron chi connectivity index (χ0n) is 14.5. The van der Waals surface area contributed by atoms with Gasteiger partial charge < -0.3 is 21.1 Å². The van der Waals surface area contributed by atoms with Crippen molar-refractivity contribution < 1.29 is 14.3 Å². The Kier molecular flexibility index (Phi) is 9.19. The number of benzene rings is 2. The van der Waals surface area contributed by atoms with E-state index in [-0.39, 0.29) is 24.9 Å². The Hall–Kier alpha value is -2.57. The van der Waals surface area contributed by atoms with Crippen molar-refractivity contribution in [3.63, 3.8) is 0 Å². The zero-order chi connectivity index (χ0) is 18.1. The first-order valence-corrected chi connectivity index (χ1v) is 8.14. The quantitative estimate of drug-likeness (QED) is 0.693. The first-order chi connectivity index (χ1) is 12.1. The van der Waals surface area contributed by atoms with Crippen molar-refractivity contribution >= 4 is 24.2 Å². The van der Waals surface area contributed by atoms with Crippen LogP contribution in [0.25, 0.3) is 0 Å². The molecule has 0 bridgehead atoms.